The minimum Gasteiger partial charge on any atom is -0.337 e. The number of nitrogens with two attached hydrogens (primary N) is 1. The van der Waals surface area contributed by atoms with E-state index in [1.54, 1.807) is 17.9 Å². The molecule has 1 amide bonds. The first kappa shape index (κ1) is 19.1. The molecule has 2 rings (SSSR count). The van der Waals surface area contributed by atoms with Crippen LogP contribution in [0, 0.1) is 12.7 Å². The van der Waals surface area contributed by atoms with Crippen LogP contribution in [-0.4, -0.2) is 30.4 Å². The summed E-state index contributed by atoms with van der Waals surface area (Å²) in [6.45, 7) is 3.14. The standard InChI is InChI=1S/C18H21FN2O.ClH/c1-14-13-16(7-8-17(14)19)18(22)21(12-10-20)11-9-15-5-3-2-4-6-15;/h2-8,13H,9-12,20H2,1H3;1H. The SMILES string of the molecule is Cc1cc(C(=O)N(CCN)CCc2ccccc2)ccc1F.Cl. The number of carbonyl (C=O) groups is 1. The van der Waals surface area contributed by atoms with Crippen molar-refractivity contribution in [3.8, 4) is 0 Å². The summed E-state index contributed by atoms with van der Waals surface area (Å²) in [4.78, 5) is 14.3. The third-order valence-corrected chi connectivity index (χ3v) is 3.60. The summed E-state index contributed by atoms with van der Waals surface area (Å²) < 4.78 is 13.3. The van der Waals surface area contributed by atoms with Crippen molar-refractivity contribution in [3.05, 3.63) is 71.0 Å². The molecule has 2 N–H and O–H groups in total. The van der Waals surface area contributed by atoms with E-state index in [0.717, 1.165) is 6.42 Å². The zero-order valence-electron chi connectivity index (χ0n) is 13.2. The number of benzene rings is 2. The summed E-state index contributed by atoms with van der Waals surface area (Å²) in [6, 6.07) is 14.4. The van der Waals surface area contributed by atoms with Gasteiger partial charge in [0.15, 0.2) is 0 Å². The predicted molar refractivity (Wildman–Crippen MR) is 93.5 cm³/mol. The quantitative estimate of drug-likeness (QED) is 0.880. The maximum absolute atomic E-state index is 13.3. The maximum Gasteiger partial charge on any atom is 0.253 e. The molecule has 23 heavy (non-hydrogen) atoms. The van der Waals surface area contributed by atoms with E-state index >= 15 is 0 Å². The monoisotopic (exact) mass is 336 g/mol. The van der Waals surface area contributed by atoms with Crippen molar-refractivity contribution in [2.24, 2.45) is 5.73 Å². The van der Waals surface area contributed by atoms with Crippen molar-refractivity contribution in [2.75, 3.05) is 19.6 Å². The topological polar surface area (TPSA) is 46.3 Å². The molecular weight excluding hydrogens is 315 g/mol. The highest BCUT2D eigenvalue weighted by molar-refractivity contribution is 5.94. The number of hydrogen-bond acceptors (Lipinski definition) is 2. The maximum atomic E-state index is 13.3. The zero-order valence-corrected chi connectivity index (χ0v) is 14.0. The third-order valence-electron chi connectivity index (χ3n) is 3.60. The van der Waals surface area contributed by atoms with E-state index in [9.17, 15) is 9.18 Å². The number of carbonyl (C=O) groups excluding carboxylic acids is 1. The fourth-order valence-corrected chi connectivity index (χ4v) is 2.34. The molecule has 5 heteroatoms. The second-order valence-corrected chi connectivity index (χ2v) is 5.28. The van der Waals surface area contributed by atoms with Gasteiger partial charge in [0, 0.05) is 25.2 Å². The van der Waals surface area contributed by atoms with Crippen LogP contribution in [0.1, 0.15) is 21.5 Å². The van der Waals surface area contributed by atoms with Crippen molar-refractivity contribution in [1.82, 2.24) is 4.90 Å². The van der Waals surface area contributed by atoms with Gasteiger partial charge in [0.25, 0.3) is 5.91 Å². The molecule has 0 saturated heterocycles. The van der Waals surface area contributed by atoms with Gasteiger partial charge in [0.05, 0.1) is 0 Å². The second kappa shape index (κ2) is 9.28. The van der Waals surface area contributed by atoms with Gasteiger partial charge in [0.2, 0.25) is 0 Å². The van der Waals surface area contributed by atoms with Gasteiger partial charge in [-0.15, -0.1) is 12.4 Å². The van der Waals surface area contributed by atoms with E-state index < -0.39 is 0 Å². The molecule has 0 aromatic heterocycles. The smallest absolute Gasteiger partial charge is 0.253 e. The molecule has 0 heterocycles. The highest BCUT2D eigenvalue weighted by Crippen LogP contribution is 2.12. The Labute approximate surface area is 142 Å². The van der Waals surface area contributed by atoms with Crippen LogP contribution in [-0.2, 0) is 6.42 Å². The Balaban J connectivity index is 0.00000264. The van der Waals surface area contributed by atoms with Crippen molar-refractivity contribution >= 4 is 18.3 Å². The van der Waals surface area contributed by atoms with Crippen LogP contribution < -0.4 is 5.73 Å². The summed E-state index contributed by atoms with van der Waals surface area (Å²) in [5.74, 6) is -0.407. The van der Waals surface area contributed by atoms with Crippen LogP contribution in [0.5, 0.6) is 0 Å². The first-order valence-electron chi connectivity index (χ1n) is 7.41. The summed E-state index contributed by atoms with van der Waals surface area (Å²) in [5, 5.41) is 0. The molecule has 0 aliphatic carbocycles. The van der Waals surface area contributed by atoms with Gasteiger partial charge >= 0.3 is 0 Å². The zero-order chi connectivity index (χ0) is 15.9. The Hall–Kier alpha value is -1.91. The molecule has 0 unspecified atom stereocenters. The molecule has 0 bridgehead atoms. The van der Waals surface area contributed by atoms with Gasteiger partial charge in [0.1, 0.15) is 5.82 Å². The molecule has 3 nitrogen and oxygen atoms in total. The largest absolute Gasteiger partial charge is 0.337 e. The van der Waals surface area contributed by atoms with E-state index in [0.29, 0.717) is 30.8 Å². The van der Waals surface area contributed by atoms with Crippen molar-refractivity contribution in [3.63, 3.8) is 0 Å². The van der Waals surface area contributed by atoms with E-state index in [1.807, 2.05) is 30.3 Å². The van der Waals surface area contributed by atoms with Gasteiger partial charge in [-0.2, -0.15) is 0 Å². The lowest BCUT2D eigenvalue weighted by Crippen LogP contribution is -2.37. The summed E-state index contributed by atoms with van der Waals surface area (Å²) in [7, 11) is 0. The Morgan fingerprint density at radius 2 is 1.83 bits per heavy atom. The van der Waals surface area contributed by atoms with Crippen LogP contribution in [0.4, 0.5) is 4.39 Å². The summed E-state index contributed by atoms with van der Waals surface area (Å²) >= 11 is 0. The van der Waals surface area contributed by atoms with Gasteiger partial charge in [-0.05, 0) is 42.7 Å². The molecule has 2 aromatic carbocycles. The van der Waals surface area contributed by atoms with E-state index in [1.165, 1.54) is 17.7 Å². The van der Waals surface area contributed by atoms with Crippen LogP contribution in [0.15, 0.2) is 48.5 Å². The van der Waals surface area contributed by atoms with Gasteiger partial charge in [-0.1, -0.05) is 30.3 Å². The van der Waals surface area contributed by atoms with E-state index in [2.05, 4.69) is 0 Å². The van der Waals surface area contributed by atoms with Crippen molar-refractivity contribution < 1.29 is 9.18 Å². The molecule has 0 radical (unpaired) electrons. The van der Waals surface area contributed by atoms with Crippen LogP contribution in [0.2, 0.25) is 0 Å². The average Bonchev–Trinajstić information content (AvgIpc) is 2.54. The number of amides is 1. The Bertz CT molecular complexity index is 634. The van der Waals surface area contributed by atoms with Crippen LogP contribution in [0.25, 0.3) is 0 Å². The average molecular weight is 337 g/mol. The van der Waals surface area contributed by atoms with Crippen LogP contribution >= 0.6 is 12.4 Å². The Morgan fingerprint density at radius 1 is 1.13 bits per heavy atom. The molecule has 124 valence electrons. The third kappa shape index (κ3) is 5.34. The first-order valence-corrected chi connectivity index (χ1v) is 7.41. The molecule has 0 aliphatic heterocycles. The summed E-state index contributed by atoms with van der Waals surface area (Å²) in [6.07, 6.45) is 0.771. The molecule has 0 spiro atoms. The minimum atomic E-state index is -0.300. The number of aryl methyl sites for hydroxylation is 1. The molecule has 2 aromatic rings. The van der Waals surface area contributed by atoms with Crippen molar-refractivity contribution in [2.45, 2.75) is 13.3 Å². The molecule has 0 fully saturated rings. The van der Waals surface area contributed by atoms with Crippen LogP contribution in [0.3, 0.4) is 0 Å². The molecule has 0 atom stereocenters. The Kier molecular flexibility index (Phi) is 7.72. The second-order valence-electron chi connectivity index (χ2n) is 5.28. The predicted octanol–water partition coefficient (Wildman–Crippen LogP) is 3.20. The highest BCUT2D eigenvalue weighted by Gasteiger charge is 2.16. The Morgan fingerprint density at radius 3 is 2.43 bits per heavy atom. The fourth-order valence-electron chi connectivity index (χ4n) is 2.34. The molecule has 0 saturated carbocycles. The first-order chi connectivity index (χ1) is 10.6. The van der Waals surface area contributed by atoms with Gasteiger partial charge in [-0.25, -0.2) is 4.39 Å². The normalized spacial score (nSPS) is 10.0. The minimum absolute atomic E-state index is 0. The molecular formula is C18H22ClFN2O. The number of rotatable bonds is 6. The van der Waals surface area contributed by atoms with Gasteiger partial charge in [-0.3, -0.25) is 4.79 Å². The van der Waals surface area contributed by atoms with Crippen molar-refractivity contribution in [1.29, 1.82) is 0 Å². The fraction of sp³-hybridized carbons (Fsp3) is 0.278. The highest BCUT2D eigenvalue weighted by atomic mass is 35.5. The number of hydrogen-bond donors (Lipinski definition) is 1. The molecule has 0 aliphatic rings. The van der Waals surface area contributed by atoms with E-state index in [-0.39, 0.29) is 24.1 Å². The lowest BCUT2D eigenvalue weighted by Gasteiger charge is -2.22. The number of nitrogens with zero attached hydrogens (tertiary/aromatic N) is 1. The lowest BCUT2D eigenvalue weighted by molar-refractivity contribution is 0.0762. The summed E-state index contributed by atoms with van der Waals surface area (Å²) in [5.41, 5.74) is 7.76. The van der Waals surface area contributed by atoms with E-state index in [4.69, 9.17) is 5.73 Å². The number of halogens is 2. The lowest BCUT2D eigenvalue weighted by atomic mass is 10.1. The van der Waals surface area contributed by atoms with Gasteiger partial charge < -0.3 is 10.6 Å².